The fourth-order valence-electron chi connectivity index (χ4n) is 4.52. The highest BCUT2D eigenvalue weighted by Crippen LogP contribution is 2.23. The van der Waals surface area contributed by atoms with E-state index in [-0.39, 0.29) is 0 Å². The molecule has 0 unspecified atom stereocenters. The fourth-order valence-corrected chi connectivity index (χ4v) is 4.52. The summed E-state index contributed by atoms with van der Waals surface area (Å²) < 4.78 is 0. The van der Waals surface area contributed by atoms with Crippen molar-refractivity contribution < 1.29 is 0 Å². The van der Waals surface area contributed by atoms with E-state index in [9.17, 15) is 0 Å². The molecule has 3 aromatic rings. The van der Waals surface area contributed by atoms with Gasteiger partial charge in [0.2, 0.25) is 0 Å². The maximum atomic E-state index is 4.73. The monoisotopic (exact) mass is 456 g/mol. The van der Waals surface area contributed by atoms with Gasteiger partial charge in [-0.3, -0.25) is 9.97 Å². The molecule has 0 radical (unpaired) electrons. The van der Waals surface area contributed by atoms with Gasteiger partial charge in [0, 0.05) is 29.2 Å². The van der Waals surface area contributed by atoms with E-state index in [0.717, 1.165) is 17.7 Å². The molecule has 3 rings (SSSR count). The lowest BCUT2D eigenvalue weighted by molar-refractivity contribution is 0.605. The number of rotatable bonds is 16. The zero-order chi connectivity index (χ0) is 23.8. The molecule has 0 amide bonds. The van der Waals surface area contributed by atoms with E-state index in [1.807, 2.05) is 12.4 Å². The van der Waals surface area contributed by atoms with Gasteiger partial charge in [0.1, 0.15) is 0 Å². The van der Waals surface area contributed by atoms with Gasteiger partial charge in [0.05, 0.1) is 5.69 Å². The normalized spacial score (nSPS) is 11.1. The first kappa shape index (κ1) is 26.1. The number of benzene rings is 1. The fraction of sp³-hybridized carbons (Fsp3) is 0.500. The molecule has 2 aromatic heterocycles. The van der Waals surface area contributed by atoms with Crippen molar-refractivity contribution in [3.8, 4) is 22.4 Å². The highest BCUT2D eigenvalue weighted by atomic mass is 14.7. The van der Waals surface area contributed by atoms with Crippen LogP contribution in [0.1, 0.15) is 102 Å². The second-order valence-electron chi connectivity index (χ2n) is 9.70. The quantitative estimate of drug-likeness (QED) is 0.200. The van der Waals surface area contributed by atoms with Gasteiger partial charge in [-0.25, -0.2) is 0 Å². The maximum absolute atomic E-state index is 4.73. The molecule has 34 heavy (non-hydrogen) atoms. The molecule has 2 heteroatoms. The van der Waals surface area contributed by atoms with E-state index in [1.54, 1.807) is 0 Å². The first-order valence-corrected chi connectivity index (χ1v) is 13.8. The Morgan fingerprint density at radius 3 is 1.62 bits per heavy atom. The Morgan fingerprint density at radius 2 is 1.03 bits per heavy atom. The molecule has 0 saturated heterocycles. The molecule has 182 valence electrons. The largest absolute Gasteiger partial charge is 0.261 e. The molecule has 0 aliphatic rings. The number of hydrogen-bond donors (Lipinski definition) is 0. The van der Waals surface area contributed by atoms with Gasteiger partial charge >= 0.3 is 0 Å². The maximum Gasteiger partial charge on any atom is 0.0717 e. The lowest BCUT2D eigenvalue weighted by atomic mass is 10.0. The molecule has 0 bridgehead atoms. The van der Waals surface area contributed by atoms with Crippen LogP contribution >= 0.6 is 0 Å². The molecule has 0 spiro atoms. The number of aromatic nitrogens is 2. The predicted molar refractivity (Wildman–Crippen MR) is 147 cm³/mol. The third kappa shape index (κ3) is 9.05. The molecule has 2 nitrogen and oxygen atoms in total. The minimum atomic E-state index is 0.988. The van der Waals surface area contributed by atoms with E-state index in [4.69, 9.17) is 4.98 Å². The first-order chi connectivity index (χ1) is 16.8. The van der Waals surface area contributed by atoms with Gasteiger partial charge in [-0.1, -0.05) is 108 Å². The summed E-state index contributed by atoms with van der Waals surface area (Å²) in [5, 5.41) is 0. The van der Waals surface area contributed by atoms with Crippen LogP contribution in [0.2, 0.25) is 0 Å². The molecule has 0 fully saturated rings. The summed E-state index contributed by atoms with van der Waals surface area (Å²) in [6, 6.07) is 17.7. The molecular weight excluding hydrogens is 412 g/mol. The van der Waals surface area contributed by atoms with E-state index in [1.165, 1.54) is 106 Å². The highest BCUT2D eigenvalue weighted by molar-refractivity contribution is 5.66. The Labute approximate surface area is 208 Å². The molecule has 0 atom stereocenters. The Morgan fingerprint density at radius 1 is 0.471 bits per heavy atom. The number of nitrogens with zero attached hydrogens (tertiary/aromatic N) is 2. The van der Waals surface area contributed by atoms with Crippen LogP contribution < -0.4 is 0 Å². The SMILES string of the molecule is CCCCCCCCc1ccc(-c2ccc(-c3ccc(CCCCCCCC)nc3)nc2)cc1. The average Bonchev–Trinajstić information content (AvgIpc) is 2.89. The number of aryl methyl sites for hydroxylation is 2. The van der Waals surface area contributed by atoms with Crippen LogP contribution in [0.15, 0.2) is 60.9 Å². The Kier molecular flexibility index (Phi) is 11.9. The smallest absolute Gasteiger partial charge is 0.0717 e. The van der Waals surface area contributed by atoms with Crippen molar-refractivity contribution in [1.29, 1.82) is 0 Å². The third-order valence-electron chi connectivity index (χ3n) is 6.78. The average molecular weight is 457 g/mol. The summed E-state index contributed by atoms with van der Waals surface area (Å²) in [6.45, 7) is 4.54. The van der Waals surface area contributed by atoms with E-state index < -0.39 is 0 Å². The standard InChI is InChI=1S/C32H44N2/c1-3-5-7-9-11-13-15-27-17-19-28(20-18-27)29-22-24-32(34-25-29)30-21-23-31(33-26-30)16-14-12-10-8-6-4-2/h17-26H,3-16H2,1-2H3. The van der Waals surface area contributed by atoms with Gasteiger partial charge in [-0.2, -0.15) is 0 Å². The van der Waals surface area contributed by atoms with Gasteiger partial charge in [0.15, 0.2) is 0 Å². The third-order valence-corrected chi connectivity index (χ3v) is 6.78. The number of unbranched alkanes of at least 4 members (excludes halogenated alkanes) is 10. The van der Waals surface area contributed by atoms with E-state index in [2.05, 4.69) is 67.4 Å². The van der Waals surface area contributed by atoms with Gasteiger partial charge in [0.25, 0.3) is 0 Å². The summed E-state index contributed by atoms with van der Waals surface area (Å²) in [5.74, 6) is 0. The van der Waals surface area contributed by atoms with Crippen LogP contribution in [-0.4, -0.2) is 9.97 Å². The molecule has 0 saturated carbocycles. The van der Waals surface area contributed by atoms with E-state index in [0.29, 0.717) is 0 Å². The summed E-state index contributed by atoms with van der Waals surface area (Å²) in [6.07, 6.45) is 22.3. The van der Waals surface area contributed by atoms with Crippen LogP contribution in [0.3, 0.4) is 0 Å². The summed E-state index contributed by atoms with van der Waals surface area (Å²) in [4.78, 5) is 9.41. The molecule has 1 aromatic carbocycles. The molecular formula is C32H44N2. The van der Waals surface area contributed by atoms with Crippen molar-refractivity contribution in [3.05, 3.63) is 72.2 Å². The molecule has 0 N–H and O–H groups in total. The first-order valence-electron chi connectivity index (χ1n) is 13.8. The van der Waals surface area contributed by atoms with Crippen LogP contribution in [0.5, 0.6) is 0 Å². The molecule has 0 aliphatic heterocycles. The van der Waals surface area contributed by atoms with Crippen molar-refractivity contribution in [2.45, 2.75) is 104 Å². The minimum Gasteiger partial charge on any atom is -0.261 e. The second kappa shape index (κ2) is 15.4. The van der Waals surface area contributed by atoms with Crippen molar-refractivity contribution in [2.24, 2.45) is 0 Å². The zero-order valence-corrected chi connectivity index (χ0v) is 21.6. The lowest BCUT2D eigenvalue weighted by Gasteiger charge is -2.07. The number of pyridine rings is 2. The van der Waals surface area contributed by atoms with Crippen molar-refractivity contribution in [2.75, 3.05) is 0 Å². The predicted octanol–water partition coefficient (Wildman–Crippen LogP) is 9.62. The summed E-state index contributed by atoms with van der Waals surface area (Å²) in [7, 11) is 0. The van der Waals surface area contributed by atoms with Crippen molar-refractivity contribution in [3.63, 3.8) is 0 Å². The highest BCUT2D eigenvalue weighted by Gasteiger charge is 2.04. The number of hydrogen-bond acceptors (Lipinski definition) is 2. The van der Waals surface area contributed by atoms with E-state index >= 15 is 0 Å². The Bertz CT molecular complexity index is 832. The Hall–Kier alpha value is -2.48. The van der Waals surface area contributed by atoms with Crippen molar-refractivity contribution >= 4 is 0 Å². The Balaban J connectivity index is 1.46. The minimum absolute atomic E-state index is 0.988. The molecule has 0 aliphatic carbocycles. The van der Waals surface area contributed by atoms with Gasteiger partial charge < -0.3 is 0 Å². The lowest BCUT2D eigenvalue weighted by Crippen LogP contribution is -1.92. The van der Waals surface area contributed by atoms with Crippen molar-refractivity contribution in [1.82, 2.24) is 9.97 Å². The van der Waals surface area contributed by atoms with Crippen LogP contribution in [0.25, 0.3) is 22.4 Å². The molecule has 2 heterocycles. The van der Waals surface area contributed by atoms with Gasteiger partial charge in [-0.15, -0.1) is 0 Å². The van der Waals surface area contributed by atoms with Gasteiger partial charge in [-0.05, 0) is 55.0 Å². The summed E-state index contributed by atoms with van der Waals surface area (Å²) >= 11 is 0. The topological polar surface area (TPSA) is 25.8 Å². The van der Waals surface area contributed by atoms with Crippen LogP contribution in [0, 0.1) is 0 Å². The summed E-state index contributed by atoms with van der Waals surface area (Å²) in [5.41, 5.74) is 7.11. The van der Waals surface area contributed by atoms with Crippen LogP contribution in [-0.2, 0) is 12.8 Å². The zero-order valence-electron chi connectivity index (χ0n) is 21.6. The van der Waals surface area contributed by atoms with Crippen LogP contribution in [0.4, 0.5) is 0 Å². The second-order valence-corrected chi connectivity index (χ2v) is 9.70.